The van der Waals surface area contributed by atoms with Crippen LogP contribution in [0.5, 0.6) is 5.75 Å². The Kier molecular flexibility index (Phi) is 2.64. The molecule has 0 saturated carbocycles. The lowest BCUT2D eigenvalue weighted by molar-refractivity contribution is 0.465. The number of aromatic nitrogens is 3. The number of nitrogens with one attached hydrogen (secondary N) is 1. The molecule has 0 aliphatic carbocycles. The summed E-state index contributed by atoms with van der Waals surface area (Å²) in [6.45, 7) is 0. The van der Waals surface area contributed by atoms with Gasteiger partial charge in [0.05, 0.1) is 12.4 Å². The second kappa shape index (κ2) is 4.45. The van der Waals surface area contributed by atoms with Crippen molar-refractivity contribution in [3.63, 3.8) is 0 Å². The van der Waals surface area contributed by atoms with E-state index in [1.54, 1.807) is 17.0 Å². The summed E-state index contributed by atoms with van der Waals surface area (Å²) in [4.78, 5) is 11.2. The summed E-state index contributed by atoms with van der Waals surface area (Å²) < 4.78 is 1.69. The van der Waals surface area contributed by atoms with E-state index < -0.39 is 0 Å². The molecule has 0 aliphatic rings. The lowest BCUT2D eigenvalue weighted by Gasteiger charge is -2.08. The third-order valence-corrected chi connectivity index (χ3v) is 2.88. The fraction of sp³-hybridized carbons (Fsp3) is 0. The van der Waals surface area contributed by atoms with Crippen LogP contribution in [-0.4, -0.2) is 19.9 Å². The highest BCUT2D eigenvalue weighted by Crippen LogP contribution is 2.21. The zero-order valence-corrected chi connectivity index (χ0v) is 9.95. The lowest BCUT2D eigenvalue weighted by atomic mass is 10.1. The second-order valence-electron chi connectivity index (χ2n) is 4.14. The van der Waals surface area contributed by atoms with Crippen LogP contribution in [-0.2, 0) is 0 Å². The third kappa shape index (κ3) is 2.13. The van der Waals surface area contributed by atoms with E-state index in [2.05, 4.69) is 10.2 Å². The van der Waals surface area contributed by atoms with E-state index in [9.17, 15) is 9.90 Å². The quantitative estimate of drug-likeness (QED) is 0.733. The van der Waals surface area contributed by atoms with E-state index in [4.69, 9.17) is 0 Å². The lowest BCUT2D eigenvalue weighted by Crippen LogP contribution is -2.03. The first-order valence-corrected chi connectivity index (χ1v) is 5.75. The van der Waals surface area contributed by atoms with E-state index >= 15 is 0 Å². The van der Waals surface area contributed by atoms with Crippen LogP contribution in [0.25, 0.3) is 16.8 Å². The van der Waals surface area contributed by atoms with Gasteiger partial charge in [0.1, 0.15) is 0 Å². The van der Waals surface area contributed by atoms with Crippen LogP contribution in [0.3, 0.4) is 0 Å². The minimum Gasteiger partial charge on any atom is -0.503 e. The molecule has 0 aliphatic heterocycles. The summed E-state index contributed by atoms with van der Waals surface area (Å²) in [6.07, 6.45) is 6.57. The van der Waals surface area contributed by atoms with Gasteiger partial charge in [-0.3, -0.25) is 9.89 Å². The Morgan fingerprint density at radius 3 is 2.84 bits per heavy atom. The fourth-order valence-corrected chi connectivity index (χ4v) is 1.89. The molecule has 2 aromatic heterocycles. The van der Waals surface area contributed by atoms with Crippen molar-refractivity contribution >= 4 is 0 Å². The van der Waals surface area contributed by atoms with Crippen LogP contribution in [0.15, 0.2) is 59.9 Å². The van der Waals surface area contributed by atoms with Gasteiger partial charge in [-0.2, -0.15) is 5.10 Å². The highest BCUT2D eigenvalue weighted by molar-refractivity contribution is 5.64. The Labute approximate surface area is 108 Å². The van der Waals surface area contributed by atoms with Gasteiger partial charge in [0.25, 0.3) is 0 Å². The maximum atomic E-state index is 11.2. The summed E-state index contributed by atoms with van der Waals surface area (Å²) >= 11 is 0. The number of nitrogens with zero attached hydrogens (tertiary/aromatic N) is 2. The third-order valence-electron chi connectivity index (χ3n) is 2.88. The van der Waals surface area contributed by atoms with Crippen LogP contribution in [0, 0.1) is 0 Å². The molecular weight excluding hydrogens is 242 g/mol. The molecule has 0 fully saturated rings. The molecule has 0 atom stereocenters. The average molecular weight is 253 g/mol. The predicted molar refractivity (Wildman–Crippen MR) is 71.3 cm³/mol. The standard InChI is InChI=1S/C14H11N3O2/c18-13-4-5-17(9-14(13)19)12-3-1-2-10(6-12)11-7-15-16-8-11/h1-9,19H,(H,15,16). The predicted octanol–water partition coefficient (Wildman–Crippen LogP) is 1.93. The first-order valence-electron chi connectivity index (χ1n) is 5.75. The molecule has 5 nitrogen and oxygen atoms in total. The van der Waals surface area contributed by atoms with Gasteiger partial charge in [0.15, 0.2) is 5.75 Å². The molecule has 3 rings (SSSR count). The number of hydrogen-bond donors (Lipinski definition) is 2. The molecule has 0 spiro atoms. The number of rotatable bonds is 2. The molecule has 2 N–H and O–H groups in total. The van der Waals surface area contributed by atoms with Gasteiger partial charge < -0.3 is 9.67 Å². The van der Waals surface area contributed by atoms with Crippen molar-refractivity contribution in [2.75, 3.05) is 0 Å². The Balaban J connectivity index is 2.08. The molecule has 1 aromatic carbocycles. The summed E-state index contributed by atoms with van der Waals surface area (Å²) in [5, 5.41) is 16.1. The highest BCUT2D eigenvalue weighted by atomic mass is 16.3. The Bertz CT molecular complexity index is 760. The summed E-state index contributed by atoms with van der Waals surface area (Å²) in [7, 11) is 0. The smallest absolute Gasteiger partial charge is 0.223 e. The number of H-pyrrole nitrogens is 1. The molecule has 3 aromatic rings. The van der Waals surface area contributed by atoms with Gasteiger partial charge in [0.2, 0.25) is 5.43 Å². The monoisotopic (exact) mass is 253 g/mol. The molecule has 5 heteroatoms. The molecule has 0 radical (unpaired) electrons. The minimum absolute atomic E-state index is 0.267. The maximum Gasteiger partial charge on any atom is 0.223 e. The van der Waals surface area contributed by atoms with Gasteiger partial charge in [-0.25, -0.2) is 0 Å². The number of aromatic amines is 1. The summed E-state index contributed by atoms with van der Waals surface area (Å²) in [6, 6.07) is 9.06. The summed E-state index contributed by atoms with van der Waals surface area (Å²) in [5.41, 5.74) is 2.45. The van der Waals surface area contributed by atoms with Gasteiger partial charge in [-0.1, -0.05) is 12.1 Å². The Morgan fingerprint density at radius 2 is 2.11 bits per heavy atom. The van der Waals surface area contributed by atoms with Crippen LogP contribution in [0.4, 0.5) is 0 Å². The first-order chi connectivity index (χ1) is 9.24. The number of hydrogen-bond acceptors (Lipinski definition) is 3. The highest BCUT2D eigenvalue weighted by Gasteiger charge is 2.03. The Hall–Kier alpha value is -2.82. The molecule has 0 bridgehead atoms. The zero-order valence-electron chi connectivity index (χ0n) is 9.95. The van der Waals surface area contributed by atoms with E-state index in [0.717, 1.165) is 16.8 Å². The van der Waals surface area contributed by atoms with Crippen LogP contribution in [0.1, 0.15) is 0 Å². The van der Waals surface area contributed by atoms with Gasteiger partial charge in [-0.15, -0.1) is 0 Å². The number of pyridine rings is 1. The van der Waals surface area contributed by atoms with Crippen LogP contribution in [0.2, 0.25) is 0 Å². The molecule has 0 unspecified atom stereocenters. The van der Waals surface area contributed by atoms with Gasteiger partial charge in [-0.05, 0) is 17.7 Å². The Morgan fingerprint density at radius 1 is 1.21 bits per heavy atom. The zero-order chi connectivity index (χ0) is 13.2. The largest absolute Gasteiger partial charge is 0.503 e. The number of aromatic hydroxyl groups is 1. The molecule has 19 heavy (non-hydrogen) atoms. The average Bonchev–Trinajstić information content (AvgIpc) is 2.96. The topological polar surface area (TPSA) is 70.9 Å². The van der Waals surface area contributed by atoms with E-state index in [-0.39, 0.29) is 11.2 Å². The number of benzene rings is 1. The van der Waals surface area contributed by atoms with Crippen molar-refractivity contribution in [1.29, 1.82) is 0 Å². The fourth-order valence-electron chi connectivity index (χ4n) is 1.89. The van der Waals surface area contributed by atoms with E-state index in [1.807, 2.05) is 30.5 Å². The molecular formula is C14H11N3O2. The van der Waals surface area contributed by atoms with Crippen molar-refractivity contribution in [3.05, 3.63) is 65.3 Å². The van der Waals surface area contributed by atoms with Crippen molar-refractivity contribution < 1.29 is 5.11 Å². The molecule has 0 saturated heterocycles. The van der Waals surface area contributed by atoms with E-state index in [0.29, 0.717) is 0 Å². The maximum absolute atomic E-state index is 11.2. The molecule has 0 amide bonds. The van der Waals surface area contributed by atoms with E-state index in [1.165, 1.54) is 12.3 Å². The van der Waals surface area contributed by atoms with Gasteiger partial charge >= 0.3 is 0 Å². The van der Waals surface area contributed by atoms with Crippen molar-refractivity contribution in [3.8, 4) is 22.6 Å². The van der Waals surface area contributed by atoms with Crippen molar-refractivity contribution in [2.24, 2.45) is 0 Å². The SMILES string of the molecule is O=c1ccn(-c2cccc(-c3cn[nH]c3)c2)cc1O. The van der Waals surface area contributed by atoms with Crippen molar-refractivity contribution in [1.82, 2.24) is 14.8 Å². The van der Waals surface area contributed by atoms with Crippen LogP contribution >= 0.6 is 0 Å². The molecule has 2 heterocycles. The second-order valence-corrected chi connectivity index (χ2v) is 4.14. The minimum atomic E-state index is -0.387. The first kappa shape index (κ1) is 11.3. The van der Waals surface area contributed by atoms with Gasteiger partial charge in [0, 0.05) is 29.7 Å². The van der Waals surface area contributed by atoms with Crippen molar-refractivity contribution in [2.45, 2.75) is 0 Å². The molecule has 94 valence electrons. The normalized spacial score (nSPS) is 10.5. The van der Waals surface area contributed by atoms with Crippen LogP contribution < -0.4 is 5.43 Å². The summed E-state index contributed by atoms with van der Waals surface area (Å²) in [5.74, 6) is -0.267.